The number of hydrogen-bond donors (Lipinski definition) is 1. The fourth-order valence-corrected chi connectivity index (χ4v) is 3.32. The second kappa shape index (κ2) is 6.13. The number of carbonyl (C=O) groups is 1. The first-order chi connectivity index (χ1) is 11.3. The molecule has 0 aromatic heterocycles. The Bertz CT molecular complexity index is 676. The molecule has 0 fully saturated rings. The number of ether oxygens (including phenoxy) is 2. The molecule has 0 aliphatic carbocycles. The number of benzene rings is 1. The van der Waals surface area contributed by atoms with E-state index in [9.17, 15) is 4.79 Å². The van der Waals surface area contributed by atoms with E-state index in [1.54, 1.807) is 7.11 Å². The predicted molar refractivity (Wildman–Crippen MR) is 94.3 cm³/mol. The Morgan fingerprint density at radius 3 is 2.79 bits per heavy atom. The van der Waals surface area contributed by atoms with E-state index < -0.39 is 0 Å². The van der Waals surface area contributed by atoms with Gasteiger partial charge >= 0.3 is 0 Å². The van der Waals surface area contributed by atoms with Gasteiger partial charge in [0.1, 0.15) is 18.1 Å². The van der Waals surface area contributed by atoms with Crippen LogP contribution in [0.5, 0.6) is 11.5 Å². The first-order valence-corrected chi connectivity index (χ1v) is 8.33. The number of nitrogens with one attached hydrogen (secondary N) is 1. The lowest BCUT2D eigenvalue weighted by Crippen LogP contribution is -2.51. The van der Waals surface area contributed by atoms with Crippen molar-refractivity contribution in [2.24, 2.45) is 5.92 Å². The van der Waals surface area contributed by atoms with Crippen LogP contribution in [-0.2, 0) is 4.79 Å². The van der Waals surface area contributed by atoms with Gasteiger partial charge in [-0.3, -0.25) is 9.69 Å². The van der Waals surface area contributed by atoms with Crippen molar-refractivity contribution in [2.75, 3.05) is 27.3 Å². The topological polar surface area (TPSA) is 50.8 Å². The highest BCUT2D eigenvalue weighted by molar-refractivity contribution is 5.86. The number of fused-ring (bicyclic) bond motifs is 3. The molecule has 0 radical (unpaired) electrons. The zero-order valence-electron chi connectivity index (χ0n) is 15.1. The minimum absolute atomic E-state index is 0.0660. The van der Waals surface area contributed by atoms with Gasteiger partial charge in [0.2, 0.25) is 5.91 Å². The maximum absolute atomic E-state index is 12.6. The van der Waals surface area contributed by atoms with Crippen molar-refractivity contribution in [3.05, 3.63) is 29.8 Å². The molecule has 130 valence electrons. The molecular formula is C19H26N2O3. The lowest BCUT2D eigenvalue weighted by molar-refractivity contribution is -0.125. The van der Waals surface area contributed by atoms with Crippen LogP contribution in [0.15, 0.2) is 24.3 Å². The number of nitrogens with zero attached hydrogens (tertiary/aromatic N) is 1. The first kappa shape index (κ1) is 16.8. The van der Waals surface area contributed by atoms with Gasteiger partial charge in [-0.15, -0.1) is 0 Å². The molecule has 2 aliphatic rings. The Morgan fingerprint density at radius 1 is 1.38 bits per heavy atom. The molecule has 24 heavy (non-hydrogen) atoms. The summed E-state index contributed by atoms with van der Waals surface area (Å²) in [5.41, 5.74) is 1.94. The third kappa shape index (κ3) is 3.26. The number of likely N-dealkylation sites (N-methyl/N-ethyl adjacent to an activating group) is 1. The Balaban J connectivity index is 1.97. The van der Waals surface area contributed by atoms with E-state index >= 15 is 0 Å². The Morgan fingerprint density at radius 2 is 2.12 bits per heavy atom. The van der Waals surface area contributed by atoms with Gasteiger partial charge in [0.25, 0.3) is 0 Å². The zero-order valence-corrected chi connectivity index (χ0v) is 15.1. The predicted octanol–water partition coefficient (Wildman–Crippen LogP) is 2.32. The summed E-state index contributed by atoms with van der Waals surface area (Å²) in [4.78, 5) is 14.8. The fourth-order valence-electron chi connectivity index (χ4n) is 3.32. The minimum atomic E-state index is -0.234. The summed E-state index contributed by atoms with van der Waals surface area (Å²) in [5, 5.41) is 3.09. The number of rotatable bonds is 2. The summed E-state index contributed by atoms with van der Waals surface area (Å²) in [5.74, 6) is 1.54. The van der Waals surface area contributed by atoms with E-state index in [0.717, 1.165) is 22.6 Å². The molecule has 0 saturated carbocycles. The third-order valence-electron chi connectivity index (χ3n) is 4.49. The van der Waals surface area contributed by atoms with Gasteiger partial charge in [0.05, 0.1) is 19.1 Å². The summed E-state index contributed by atoms with van der Waals surface area (Å²) in [7, 11) is 3.70. The van der Waals surface area contributed by atoms with Crippen molar-refractivity contribution < 1.29 is 14.3 Å². The van der Waals surface area contributed by atoms with Crippen LogP contribution in [0.2, 0.25) is 0 Å². The quantitative estimate of drug-likeness (QED) is 0.904. The Labute approximate surface area is 143 Å². The molecule has 0 unspecified atom stereocenters. The molecule has 2 atom stereocenters. The van der Waals surface area contributed by atoms with Crippen molar-refractivity contribution in [3.8, 4) is 11.5 Å². The maximum atomic E-state index is 12.6. The van der Waals surface area contributed by atoms with E-state index in [1.807, 2.05) is 46.0 Å². The summed E-state index contributed by atoms with van der Waals surface area (Å²) in [6, 6.07) is 5.99. The van der Waals surface area contributed by atoms with Crippen molar-refractivity contribution in [1.29, 1.82) is 0 Å². The Hall–Kier alpha value is -2.01. The van der Waals surface area contributed by atoms with E-state index in [4.69, 9.17) is 9.47 Å². The maximum Gasteiger partial charge on any atom is 0.228 e. The first-order valence-electron chi connectivity index (χ1n) is 8.33. The van der Waals surface area contributed by atoms with Gasteiger partial charge < -0.3 is 14.8 Å². The smallest absolute Gasteiger partial charge is 0.228 e. The SMILES string of the molecule is COc1ccc2c(c1)C1=C[C@@H](C(=O)NC(C)(C)C)CN(C)[C@H]1CO2. The van der Waals surface area contributed by atoms with Gasteiger partial charge in [0, 0.05) is 17.6 Å². The van der Waals surface area contributed by atoms with Gasteiger partial charge in [0.15, 0.2) is 0 Å². The molecule has 0 spiro atoms. The third-order valence-corrected chi connectivity index (χ3v) is 4.49. The molecule has 5 nitrogen and oxygen atoms in total. The van der Waals surface area contributed by atoms with E-state index in [1.165, 1.54) is 0 Å². The fraction of sp³-hybridized carbons (Fsp3) is 0.526. The molecule has 1 N–H and O–H groups in total. The molecule has 2 heterocycles. The van der Waals surface area contributed by atoms with Crippen molar-refractivity contribution in [1.82, 2.24) is 10.2 Å². The lowest BCUT2D eigenvalue weighted by atomic mass is 9.86. The molecule has 0 bridgehead atoms. The summed E-state index contributed by atoms with van der Waals surface area (Å²) in [6.45, 7) is 7.31. The average Bonchev–Trinajstić information content (AvgIpc) is 2.52. The van der Waals surface area contributed by atoms with Gasteiger partial charge in [-0.05, 0) is 51.6 Å². The van der Waals surface area contributed by atoms with E-state index in [-0.39, 0.29) is 23.4 Å². The van der Waals surface area contributed by atoms with Gasteiger partial charge in [-0.2, -0.15) is 0 Å². The van der Waals surface area contributed by atoms with Crippen LogP contribution in [0, 0.1) is 5.92 Å². The number of methoxy groups -OCH3 is 1. The number of hydrogen-bond acceptors (Lipinski definition) is 4. The second-order valence-electron chi connectivity index (χ2n) is 7.60. The van der Waals surface area contributed by atoms with Crippen LogP contribution in [0.3, 0.4) is 0 Å². The number of carbonyl (C=O) groups excluding carboxylic acids is 1. The molecule has 1 aromatic rings. The molecule has 5 heteroatoms. The highest BCUT2D eigenvalue weighted by Crippen LogP contribution is 2.40. The van der Waals surface area contributed by atoms with Crippen molar-refractivity contribution >= 4 is 11.5 Å². The van der Waals surface area contributed by atoms with Crippen LogP contribution in [0.25, 0.3) is 5.57 Å². The summed E-state index contributed by atoms with van der Waals surface area (Å²) in [6.07, 6.45) is 2.10. The molecule has 3 rings (SSSR count). The average molecular weight is 330 g/mol. The normalized spacial score (nSPS) is 23.5. The van der Waals surface area contributed by atoms with Crippen LogP contribution in [0.4, 0.5) is 0 Å². The molecule has 2 aliphatic heterocycles. The zero-order chi connectivity index (χ0) is 17.5. The highest BCUT2D eigenvalue weighted by atomic mass is 16.5. The van der Waals surface area contributed by atoms with Crippen LogP contribution in [0.1, 0.15) is 26.3 Å². The molecule has 1 aromatic carbocycles. The van der Waals surface area contributed by atoms with Gasteiger partial charge in [-0.25, -0.2) is 0 Å². The van der Waals surface area contributed by atoms with Crippen LogP contribution >= 0.6 is 0 Å². The lowest BCUT2D eigenvalue weighted by Gasteiger charge is -2.40. The van der Waals surface area contributed by atoms with Crippen LogP contribution in [-0.4, -0.2) is 49.7 Å². The van der Waals surface area contributed by atoms with Crippen molar-refractivity contribution in [3.63, 3.8) is 0 Å². The van der Waals surface area contributed by atoms with Crippen LogP contribution < -0.4 is 14.8 Å². The monoisotopic (exact) mass is 330 g/mol. The summed E-state index contributed by atoms with van der Waals surface area (Å²) >= 11 is 0. The summed E-state index contributed by atoms with van der Waals surface area (Å²) < 4.78 is 11.3. The van der Waals surface area contributed by atoms with Gasteiger partial charge in [-0.1, -0.05) is 6.08 Å². The second-order valence-corrected chi connectivity index (χ2v) is 7.60. The van der Waals surface area contributed by atoms with Crippen molar-refractivity contribution in [2.45, 2.75) is 32.4 Å². The highest BCUT2D eigenvalue weighted by Gasteiger charge is 2.36. The standard InChI is InChI=1S/C19H26N2O3/c1-19(2,3)20-18(22)12-8-14-15-9-13(23-5)6-7-17(15)24-11-16(14)21(4)10-12/h6-9,12,16H,10-11H2,1-5H3,(H,20,22)/t12-,16+/m1/s1. The number of amides is 1. The Kier molecular flexibility index (Phi) is 4.30. The molecule has 0 saturated heterocycles. The minimum Gasteiger partial charge on any atom is -0.497 e. The molecule has 1 amide bonds. The van der Waals surface area contributed by atoms with E-state index in [2.05, 4.69) is 16.3 Å². The largest absolute Gasteiger partial charge is 0.497 e. The van der Waals surface area contributed by atoms with E-state index in [0.29, 0.717) is 13.2 Å². The molecular weight excluding hydrogens is 304 g/mol.